The standard InChI is InChI=1S/C34H41FN6O2S/c1-33(2,3)39-44(43)20-18-40(19-21-44)26-12-8-24(9-13-26)30-22-41(27-14-10-25(35)11-15-27)38-31(30)28-6-4-5-7-29(28)32(42)37-34(23-36)16-17-34/h8-15,22,28-29H,4-7,16-21H2,1-3H3,(H,37,42)/t28-,29-/m1/s1. The molecule has 3 fully saturated rings. The third-order valence-electron chi connectivity index (χ3n) is 8.96. The Bertz CT molecular complexity index is 1680. The molecule has 0 unspecified atom stereocenters. The van der Waals surface area contributed by atoms with Crippen LogP contribution >= 0.6 is 0 Å². The van der Waals surface area contributed by atoms with E-state index in [2.05, 4.69) is 44.9 Å². The first-order valence-electron chi connectivity index (χ1n) is 15.6. The topological polar surface area (TPSA) is 103 Å². The molecule has 1 amide bonds. The molecule has 3 aromatic rings. The van der Waals surface area contributed by atoms with Crippen LogP contribution in [0.15, 0.2) is 59.1 Å². The Balaban J connectivity index is 1.30. The monoisotopic (exact) mass is 616 g/mol. The molecule has 1 aromatic heterocycles. The van der Waals surface area contributed by atoms with Crippen LogP contribution in [0.5, 0.6) is 0 Å². The molecule has 1 saturated heterocycles. The zero-order chi connectivity index (χ0) is 31.1. The molecule has 3 aliphatic rings. The zero-order valence-corrected chi connectivity index (χ0v) is 26.6. The third kappa shape index (κ3) is 6.53. The van der Waals surface area contributed by atoms with Crippen LogP contribution in [-0.2, 0) is 14.5 Å². The normalized spacial score (nSPS) is 22.6. The van der Waals surface area contributed by atoms with Crippen molar-refractivity contribution in [3.05, 3.63) is 66.2 Å². The third-order valence-corrected chi connectivity index (χ3v) is 11.5. The molecule has 1 aliphatic heterocycles. The highest BCUT2D eigenvalue weighted by atomic mass is 32.2. The highest BCUT2D eigenvalue weighted by Gasteiger charge is 2.47. The maximum atomic E-state index is 13.7. The number of aromatic nitrogens is 2. The number of amides is 1. The average molecular weight is 617 g/mol. The van der Waals surface area contributed by atoms with E-state index in [1.54, 1.807) is 16.8 Å². The van der Waals surface area contributed by atoms with Gasteiger partial charge in [-0.1, -0.05) is 25.0 Å². The van der Waals surface area contributed by atoms with Crippen molar-refractivity contribution in [1.82, 2.24) is 15.1 Å². The van der Waals surface area contributed by atoms with Crippen LogP contribution in [0, 0.1) is 23.1 Å². The summed E-state index contributed by atoms with van der Waals surface area (Å²) in [4.78, 5) is 15.8. The van der Waals surface area contributed by atoms with Gasteiger partial charge in [-0.25, -0.2) is 17.6 Å². The predicted octanol–water partition coefficient (Wildman–Crippen LogP) is 6.21. The molecular weight excluding hydrogens is 575 g/mol. The van der Waals surface area contributed by atoms with Gasteiger partial charge in [-0.15, -0.1) is 0 Å². The summed E-state index contributed by atoms with van der Waals surface area (Å²) in [6.45, 7) is 7.36. The lowest BCUT2D eigenvalue weighted by molar-refractivity contribution is -0.127. The Morgan fingerprint density at radius 1 is 1.05 bits per heavy atom. The highest BCUT2D eigenvalue weighted by molar-refractivity contribution is 7.93. The van der Waals surface area contributed by atoms with Gasteiger partial charge in [-0.05, 0) is 88.4 Å². The maximum Gasteiger partial charge on any atom is 0.225 e. The molecule has 2 aliphatic carbocycles. The van der Waals surface area contributed by atoms with Crippen molar-refractivity contribution in [3.63, 3.8) is 0 Å². The molecule has 10 heteroatoms. The molecule has 2 aromatic carbocycles. The van der Waals surface area contributed by atoms with Crippen molar-refractivity contribution in [2.75, 3.05) is 29.5 Å². The van der Waals surface area contributed by atoms with Gasteiger partial charge in [-0.2, -0.15) is 10.4 Å². The van der Waals surface area contributed by atoms with E-state index < -0.39 is 15.3 Å². The minimum Gasteiger partial charge on any atom is -0.370 e. The first-order chi connectivity index (χ1) is 21.0. The van der Waals surface area contributed by atoms with Gasteiger partial charge in [-0.3, -0.25) is 4.79 Å². The number of hydrogen-bond acceptors (Lipinski definition) is 6. The van der Waals surface area contributed by atoms with Gasteiger partial charge >= 0.3 is 0 Å². The molecule has 6 rings (SSSR count). The lowest BCUT2D eigenvalue weighted by Gasteiger charge is -2.32. The van der Waals surface area contributed by atoms with Crippen LogP contribution in [0.3, 0.4) is 0 Å². The second-order valence-corrected chi connectivity index (χ2v) is 16.1. The minimum absolute atomic E-state index is 0.0637. The van der Waals surface area contributed by atoms with Crippen molar-refractivity contribution in [1.29, 1.82) is 5.26 Å². The summed E-state index contributed by atoms with van der Waals surface area (Å²) >= 11 is 0. The lowest BCUT2D eigenvalue weighted by Crippen LogP contribution is -2.42. The van der Waals surface area contributed by atoms with Gasteiger partial charge in [0.05, 0.1) is 32.7 Å². The number of halogens is 1. The number of carbonyl (C=O) groups excluding carboxylic acids is 1. The van der Waals surface area contributed by atoms with E-state index >= 15 is 0 Å². The van der Waals surface area contributed by atoms with Crippen molar-refractivity contribution in [2.24, 2.45) is 10.3 Å². The zero-order valence-electron chi connectivity index (χ0n) is 25.8. The van der Waals surface area contributed by atoms with Crippen LogP contribution in [0.4, 0.5) is 10.1 Å². The van der Waals surface area contributed by atoms with Crippen molar-refractivity contribution < 1.29 is 13.4 Å². The average Bonchev–Trinajstić information content (AvgIpc) is 3.63. The molecule has 1 N–H and O–H groups in total. The van der Waals surface area contributed by atoms with Crippen molar-refractivity contribution in [2.45, 2.75) is 76.3 Å². The first kappa shape index (κ1) is 30.3. The van der Waals surface area contributed by atoms with Crippen molar-refractivity contribution >= 4 is 21.3 Å². The molecular formula is C34H41FN6O2S. The quantitative estimate of drug-likeness (QED) is 0.355. The number of hydrogen-bond donors (Lipinski definition) is 1. The Kier molecular flexibility index (Phi) is 8.03. The van der Waals surface area contributed by atoms with Gasteiger partial charge in [0.2, 0.25) is 5.91 Å². The Morgan fingerprint density at radius 3 is 2.30 bits per heavy atom. The van der Waals surface area contributed by atoms with E-state index in [1.165, 1.54) is 12.1 Å². The number of nitriles is 1. The molecule has 232 valence electrons. The summed E-state index contributed by atoms with van der Waals surface area (Å²) in [5, 5.41) is 17.7. The molecule has 0 bridgehead atoms. The lowest BCUT2D eigenvalue weighted by atomic mass is 9.75. The smallest absolute Gasteiger partial charge is 0.225 e. The Labute approximate surface area is 259 Å². The largest absolute Gasteiger partial charge is 0.370 e. The van der Waals surface area contributed by atoms with Gasteiger partial charge in [0.25, 0.3) is 0 Å². The summed E-state index contributed by atoms with van der Waals surface area (Å²) in [5.41, 5.74) is 3.56. The molecule has 0 radical (unpaired) electrons. The van der Waals surface area contributed by atoms with Gasteiger partial charge in [0, 0.05) is 53.9 Å². The van der Waals surface area contributed by atoms with Crippen LogP contribution in [0.1, 0.15) is 70.9 Å². The molecule has 2 heterocycles. The maximum absolute atomic E-state index is 13.7. The van der Waals surface area contributed by atoms with E-state index in [9.17, 15) is 18.7 Å². The van der Waals surface area contributed by atoms with Crippen molar-refractivity contribution in [3.8, 4) is 22.9 Å². The van der Waals surface area contributed by atoms with Crippen LogP contribution < -0.4 is 10.2 Å². The Hall–Kier alpha value is -3.71. The summed E-state index contributed by atoms with van der Waals surface area (Å²) in [7, 11) is -2.21. The van der Waals surface area contributed by atoms with Crippen LogP contribution in [0.25, 0.3) is 16.8 Å². The number of rotatable bonds is 6. The molecule has 8 nitrogen and oxygen atoms in total. The molecule has 44 heavy (non-hydrogen) atoms. The van der Waals surface area contributed by atoms with E-state index in [1.807, 2.05) is 27.0 Å². The molecule has 2 atom stereocenters. The van der Waals surface area contributed by atoms with E-state index in [4.69, 9.17) is 5.10 Å². The first-order valence-corrected chi connectivity index (χ1v) is 17.5. The SMILES string of the molecule is CC(C)(C)N=S1(=O)CCN(c2ccc(-c3cn(-c4ccc(F)cc4)nc3[C@@H]3CCCC[C@H]3C(=O)NC3(C#N)CC3)cc2)CC1. The van der Waals surface area contributed by atoms with E-state index in [-0.39, 0.29) is 29.1 Å². The number of benzene rings is 2. The fraction of sp³-hybridized carbons (Fsp3) is 0.500. The molecule has 2 saturated carbocycles. The summed E-state index contributed by atoms with van der Waals surface area (Å²) < 4.78 is 33.4. The fourth-order valence-electron chi connectivity index (χ4n) is 6.52. The summed E-state index contributed by atoms with van der Waals surface area (Å²) in [6, 6.07) is 16.9. The second-order valence-electron chi connectivity index (χ2n) is 13.5. The minimum atomic E-state index is -2.21. The van der Waals surface area contributed by atoms with E-state index in [0.29, 0.717) is 37.4 Å². The van der Waals surface area contributed by atoms with E-state index in [0.717, 1.165) is 53.9 Å². The fourth-order valence-corrected chi connectivity index (χ4v) is 8.92. The summed E-state index contributed by atoms with van der Waals surface area (Å²) in [6.07, 6.45) is 6.91. The van der Waals surface area contributed by atoms with Gasteiger partial charge in [0.15, 0.2) is 0 Å². The number of nitrogens with zero attached hydrogens (tertiary/aromatic N) is 5. The Morgan fingerprint density at radius 2 is 1.68 bits per heavy atom. The number of carbonyl (C=O) groups is 1. The van der Waals surface area contributed by atoms with Gasteiger partial charge < -0.3 is 10.2 Å². The summed E-state index contributed by atoms with van der Waals surface area (Å²) in [5.74, 6) is 0.360. The second kappa shape index (κ2) is 11.7. The number of nitrogens with one attached hydrogen (secondary N) is 1. The molecule has 0 spiro atoms. The predicted molar refractivity (Wildman–Crippen MR) is 172 cm³/mol. The van der Waals surface area contributed by atoms with Crippen LogP contribution in [-0.4, -0.2) is 55.6 Å². The van der Waals surface area contributed by atoms with Crippen LogP contribution in [0.2, 0.25) is 0 Å². The number of anilines is 1. The van der Waals surface area contributed by atoms with Gasteiger partial charge in [0.1, 0.15) is 11.4 Å². The highest BCUT2D eigenvalue weighted by Crippen LogP contribution is 2.43.